The van der Waals surface area contributed by atoms with Gasteiger partial charge in [-0.05, 0) is 36.2 Å². The highest BCUT2D eigenvalue weighted by Crippen LogP contribution is 2.28. The molecule has 0 aromatic heterocycles. The number of rotatable bonds is 3. The van der Waals surface area contributed by atoms with Crippen LogP contribution in [0.3, 0.4) is 0 Å². The maximum Gasteiger partial charge on any atom is 0.119 e. The zero-order chi connectivity index (χ0) is 9.97. The molecule has 0 radical (unpaired) electrons. The van der Waals surface area contributed by atoms with Gasteiger partial charge in [0.05, 0.1) is 13.7 Å². The highest BCUT2D eigenvalue weighted by Gasteiger charge is 2.21. The largest absolute Gasteiger partial charge is 0.497 e. The molecule has 0 unspecified atom stereocenters. The Labute approximate surface area is 83.7 Å². The van der Waals surface area contributed by atoms with E-state index in [9.17, 15) is 5.11 Å². The molecule has 0 bridgehead atoms. The van der Waals surface area contributed by atoms with Crippen LogP contribution in [0.4, 0.5) is 0 Å². The minimum Gasteiger partial charge on any atom is -0.497 e. The lowest BCUT2D eigenvalue weighted by Gasteiger charge is -2.29. The summed E-state index contributed by atoms with van der Waals surface area (Å²) in [7, 11) is 1.64. The molecule has 0 spiro atoms. The first kappa shape index (κ1) is 9.49. The highest BCUT2D eigenvalue weighted by atomic mass is 16.5. The van der Waals surface area contributed by atoms with E-state index in [2.05, 4.69) is 5.32 Å². The van der Waals surface area contributed by atoms with Crippen LogP contribution in [0, 0.1) is 0 Å². The third kappa shape index (κ3) is 1.61. The SMILES string of the molecule is COc1ccc([C@@H]2CCN2)c(CO)c1. The van der Waals surface area contributed by atoms with E-state index in [-0.39, 0.29) is 6.61 Å². The van der Waals surface area contributed by atoms with Crippen LogP contribution >= 0.6 is 0 Å². The number of aliphatic hydroxyl groups is 1. The molecular weight excluding hydrogens is 178 g/mol. The molecule has 1 heterocycles. The first-order chi connectivity index (χ1) is 6.85. The van der Waals surface area contributed by atoms with Crippen molar-refractivity contribution < 1.29 is 9.84 Å². The maximum atomic E-state index is 9.22. The van der Waals surface area contributed by atoms with E-state index in [1.54, 1.807) is 7.11 Å². The number of methoxy groups -OCH3 is 1. The van der Waals surface area contributed by atoms with Gasteiger partial charge < -0.3 is 15.2 Å². The predicted octanol–water partition coefficient (Wildman–Crippen LogP) is 1.22. The van der Waals surface area contributed by atoms with E-state index in [1.165, 1.54) is 5.56 Å². The van der Waals surface area contributed by atoms with Crippen molar-refractivity contribution in [3.63, 3.8) is 0 Å². The monoisotopic (exact) mass is 193 g/mol. The molecule has 1 aliphatic rings. The molecular formula is C11H15NO2. The van der Waals surface area contributed by atoms with Crippen LogP contribution < -0.4 is 10.1 Å². The molecule has 2 rings (SSSR count). The van der Waals surface area contributed by atoms with Crippen molar-refractivity contribution >= 4 is 0 Å². The van der Waals surface area contributed by atoms with Crippen LogP contribution in [0.15, 0.2) is 18.2 Å². The number of benzene rings is 1. The molecule has 0 saturated carbocycles. The van der Waals surface area contributed by atoms with E-state index < -0.39 is 0 Å². The van der Waals surface area contributed by atoms with Gasteiger partial charge in [-0.15, -0.1) is 0 Å². The van der Waals surface area contributed by atoms with Gasteiger partial charge in [0.2, 0.25) is 0 Å². The summed E-state index contributed by atoms with van der Waals surface area (Å²) < 4.78 is 5.11. The van der Waals surface area contributed by atoms with Crippen molar-refractivity contribution in [3.8, 4) is 5.75 Å². The summed E-state index contributed by atoms with van der Waals surface area (Å²) >= 11 is 0. The molecule has 2 N–H and O–H groups in total. The summed E-state index contributed by atoms with van der Waals surface area (Å²) in [5, 5.41) is 12.5. The topological polar surface area (TPSA) is 41.5 Å². The number of ether oxygens (including phenoxy) is 1. The standard InChI is InChI=1S/C11H15NO2/c1-14-9-2-3-10(8(6-9)7-13)11-4-5-12-11/h2-3,6,11-13H,4-5,7H2,1H3/t11-/m0/s1. The van der Waals surface area contributed by atoms with Gasteiger partial charge in [-0.1, -0.05) is 6.07 Å². The zero-order valence-corrected chi connectivity index (χ0v) is 8.29. The van der Waals surface area contributed by atoms with E-state index in [4.69, 9.17) is 4.74 Å². The number of hydrogen-bond donors (Lipinski definition) is 2. The number of nitrogens with one attached hydrogen (secondary N) is 1. The third-order valence-corrected chi connectivity index (χ3v) is 2.72. The number of hydrogen-bond acceptors (Lipinski definition) is 3. The molecule has 14 heavy (non-hydrogen) atoms. The van der Waals surface area contributed by atoms with Gasteiger partial charge >= 0.3 is 0 Å². The average Bonchev–Trinajstić information content (AvgIpc) is 2.16. The second-order valence-electron chi connectivity index (χ2n) is 3.52. The smallest absolute Gasteiger partial charge is 0.119 e. The molecule has 0 amide bonds. The van der Waals surface area contributed by atoms with Gasteiger partial charge in [-0.2, -0.15) is 0 Å². The van der Waals surface area contributed by atoms with Crippen molar-refractivity contribution in [1.29, 1.82) is 0 Å². The Balaban J connectivity index is 2.29. The molecule has 3 heteroatoms. The molecule has 1 aromatic carbocycles. The molecule has 1 atom stereocenters. The van der Waals surface area contributed by atoms with Crippen LogP contribution in [-0.4, -0.2) is 18.8 Å². The van der Waals surface area contributed by atoms with E-state index in [1.807, 2.05) is 18.2 Å². The quantitative estimate of drug-likeness (QED) is 0.758. The lowest BCUT2D eigenvalue weighted by Crippen LogP contribution is -2.35. The van der Waals surface area contributed by atoms with E-state index in [0.717, 1.165) is 24.3 Å². The number of aliphatic hydroxyl groups excluding tert-OH is 1. The fourth-order valence-electron chi connectivity index (χ4n) is 1.74. The predicted molar refractivity (Wildman–Crippen MR) is 54.3 cm³/mol. The Kier molecular flexibility index (Phi) is 2.70. The van der Waals surface area contributed by atoms with Crippen molar-refractivity contribution in [2.45, 2.75) is 19.1 Å². The second-order valence-corrected chi connectivity index (χ2v) is 3.52. The summed E-state index contributed by atoms with van der Waals surface area (Å²) in [6, 6.07) is 6.29. The molecule has 3 nitrogen and oxygen atoms in total. The summed E-state index contributed by atoms with van der Waals surface area (Å²) in [4.78, 5) is 0. The molecule has 1 aliphatic heterocycles. The average molecular weight is 193 g/mol. The van der Waals surface area contributed by atoms with Crippen molar-refractivity contribution in [3.05, 3.63) is 29.3 Å². The van der Waals surface area contributed by atoms with Crippen molar-refractivity contribution in [2.75, 3.05) is 13.7 Å². The Morgan fingerprint density at radius 2 is 2.36 bits per heavy atom. The first-order valence-corrected chi connectivity index (χ1v) is 4.86. The second kappa shape index (κ2) is 3.98. The summed E-state index contributed by atoms with van der Waals surface area (Å²) in [6.45, 7) is 1.15. The summed E-state index contributed by atoms with van der Waals surface area (Å²) in [5.74, 6) is 0.803. The van der Waals surface area contributed by atoms with Crippen molar-refractivity contribution in [1.82, 2.24) is 5.32 Å². The fourth-order valence-corrected chi connectivity index (χ4v) is 1.74. The van der Waals surface area contributed by atoms with Gasteiger partial charge in [0.1, 0.15) is 5.75 Å². The molecule has 0 aliphatic carbocycles. The van der Waals surface area contributed by atoms with Gasteiger partial charge in [0.15, 0.2) is 0 Å². The van der Waals surface area contributed by atoms with Gasteiger partial charge in [-0.25, -0.2) is 0 Å². The zero-order valence-electron chi connectivity index (χ0n) is 8.29. The summed E-state index contributed by atoms with van der Waals surface area (Å²) in [5.41, 5.74) is 2.15. The van der Waals surface area contributed by atoms with Crippen LogP contribution in [-0.2, 0) is 6.61 Å². The Hall–Kier alpha value is -1.06. The fraction of sp³-hybridized carbons (Fsp3) is 0.455. The third-order valence-electron chi connectivity index (χ3n) is 2.72. The molecule has 1 saturated heterocycles. The van der Waals surface area contributed by atoms with E-state index in [0.29, 0.717) is 6.04 Å². The first-order valence-electron chi connectivity index (χ1n) is 4.86. The van der Waals surface area contributed by atoms with Crippen LogP contribution in [0.2, 0.25) is 0 Å². The minimum absolute atomic E-state index is 0.0741. The normalized spacial score (nSPS) is 20.3. The van der Waals surface area contributed by atoms with Gasteiger partial charge in [-0.3, -0.25) is 0 Å². The Morgan fingerprint density at radius 1 is 1.57 bits per heavy atom. The van der Waals surface area contributed by atoms with E-state index >= 15 is 0 Å². The van der Waals surface area contributed by atoms with Crippen LogP contribution in [0.1, 0.15) is 23.6 Å². The van der Waals surface area contributed by atoms with Crippen LogP contribution in [0.5, 0.6) is 5.75 Å². The maximum absolute atomic E-state index is 9.22. The lowest BCUT2D eigenvalue weighted by atomic mass is 9.93. The Morgan fingerprint density at radius 3 is 2.86 bits per heavy atom. The van der Waals surface area contributed by atoms with Crippen molar-refractivity contribution in [2.24, 2.45) is 0 Å². The molecule has 1 aromatic rings. The summed E-state index contributed by atoms with van der Waals surface area (Å²) in [6.07, 6.45) is 1.15. The van der Waals surface area contributed by atoms with Gasteiger partial charge in [0.25, 0.3) is 0 Å². The molecule has 1 fully saturated rings. The lowest BCUT2D eigenvalue weighted by molar-refractivity contribution is 0.275. The Bertz CT molecular complexity index is 321. The van der Waals surface area contributed by atoms with Crippen LogP contribution in [0.25, 0.3) is 0 Å². The molecule has 76 valence electrons. The van der Waals surface area contributed by atoms with Gasteiger partial charge in [0, 0.05) is 6.04 Å². The minimum atomic E-state index is 0.0741. The highest BCUT2D eigenvalue weighted by molar-refractivity contribution is 5.37.